The molecule has 6 heteroatoms. The van der Waals surface area contributed by atoms with Crippen molar-refractivity contribution in [2.45, 2.75) is 12.5 Å². The van der Waals surface area contributed by atoms with Crippen LogP contribution in [-0.2, 0) is 4.74 Å². The van der Waals surface area contributed by atoms with Crippen molar-refractivity contribution in [1.82, 2.24) is 15.6 Å². The summed E-state index contributed by atoms with van der Waals surface area (Å²) in [5.74, 6) is 0.964. The standard InChI is InChI=1S/C13H20N4O2/c1-19-9-7-15-13(18)16-11-5-8-17(10-11)12-4-2-3-6-14-12/h2-4,6,11H,5,7-10H2,1H3,(H2,15,16,18). The van der Waals surface area contributed by atoms with Crippen molar-refractivity contribution in [2.24, 2.45) is 0 Å². The smallest absolute Gasteiger partial charge is 0.315 e. The summed E-state index contributed by atoms with van der Waals surface area (Å²) in [4.78, 5) is 18.1. The average Bonchev–Trinajstić information content (AvgIpc) is 2.88. The molecule has 1 saturated heterocycles. The van der Waals surface area contributed by atoms with Gasteiger partial charge in [0.1, 0.15) is 5.82 Å². The lowest BCUT2D eigenvalue weighted by Gasteiger charge is -2.17. The number of anilines is 1. The largest absolute Gasteiger partial charge is 0.383 e. The van der Waals surface area contributed by atoms with E-state index < -0.39 is 0 Å². The van der Waals surface area contributed by atoms with Crippen molar-refractivity contribution in [3.8, 4) is 0 Å². The van der Waals surface area contributed by atoms with Gasteiger partial charge in [-0.1, -0.05) is 6.07 Å². The molecule has 2 N–H and O–H groups in total. The maximum Gasteiger partial charge on any atom is 0.315 e. The SMILES string of the molecule is COCCNC(=O)NC1CCN(c2ccccn2)C1. The molecular formula is C13H20N4O2. The third kappa shape index (κ3) is 4.10. The molecule has 6 nitrogen and oxygen atoms in total. The lowest BCUT2D eigenvalue weighted by molar-refractivity contribution is 0.195. The van der Waals surface area contributed by atoms with E-state index in [1.165, 1.54) is 0 Å². The minimum absolute atomic E-state index is 0.134. The number of nitrogens with one attached hydrogen (secondary N) is 2. The Morgan fingerprint density at radius 1 is 1.58 bits per heavy atom. The first kappa shape index (κ1) is 13.6. The molecule has 1 fully saturated rings. The fourth-order valence-electron chi connectivity index (χ4n) is 2.13. The first-order chi connectivity index (χ1) is 9.29. The maximum absolute atomic E-state index is 11.6. The number of carbonyl (C=O) groups excluding carboxylic acids is 1. The van der Waals surface area contributed by atoms with Crippen LogP contribution in [0.2, 0.25) is 0 Å². The lowest BCUT2D eigenvalue weighted by atomic mass is 10.3. The third-order valence-corrected chi connectivity index (χ3v) is 3.09. The number of methoxy groups -OCH3 is 1. The zero-order valence-electron chi connectivity index (χ0n) is 11.1. The van der Waals surface area contributed by atoms with Gasteiger partial charge in [0.15, 0.2) is 0 Å². The molecule has 1 aliphatic heterocycles. The van der Waals surface area contributed by atoms with E-state index >= 15 is 0 Å². The highest BCUT2D eigenvalue weighted by atomic mass is 16.5. The number of hydrogen-bond donors (Lipinski definition) is 2. The van der Waals surface area contributed by atoms with Crippen LogP contribution in [0.25, 0.3) is 0 Å². The molecule has 0 saturated carbocycles. The van der Waals surface area contributed by atoms with Crippen LogP contribution in [-0.4, -0.2) is 50.4 Å². The van der Waals surface area contributed by atoms with Crippen LogP contribution in [0.3, 0.4) is 0 Å². The van der Waals surface area contributed by atoms with Crippen LogP contribution in [0.1, 0.15) is 6.42 Å². The van der Waals surface area contributed by atoms with Crippen molar-refractivity contribution in [2.75, 3.05) is 38.3 Å². The van der Waals surface area contributed by atoms with Gasteiger partial charge < -0.3 is 20.3 Å². The second kappa shape index (κ2) is 6.94. The van der Waals surface area contributed by atoms with E-state index in [0.717, 1.165) is 25.3 Å². The first-order valence-corrected chi connectivity index (χ1v) is 6.49. The van der Waals surface area contributed by atoms with E-state index in [1.54, 1.807) is 13.3 Å². The monoisotopic (exact) mass is 264 g/mol. The Bertz CT molecular complexity index is 399. The van der Waals surface area contributed by atoms with E-state index in [4.69, 9.17) is 4.74 Å². The van der Waals surface area contributed by atoms with Crippen molar-refractivity contribution in [3.63, 3.8) is 0 Å². The van der Waals surface area contributed by atoms with Gasteiger partial charge >= 0.3 is 6.03 Å². The topological polar surface area (TPSA) is 66.5 Å². The van der Waals surface area contributed by atoms with Crippen LogP contribution >= 0.6 is 0 Å². The van der Waals surface area contributed by atoms with E-state index in [1.807, 2.05) is 18.2 Å². The van der Waals surface area contributed by atoms with Gasteiger partial charge in [-0.3, -0.25) is 0 Å². The van der Waals surface area contributed by atoms with Gasteiger partial charge in [0.05, 0.1) is 6.61 Å². The van der Waals surface area contributed by atoms with Crippen LogP contribution in [0, 0.1) is 0 Å². The number of carbonyl (C=O) groups is 1. The molecular weight excluding hydrogens is 244 g/mol. The van der Waals surface area contributed by atoms with Crippen molar-refractivity contribution in [1.29, 1.82) is 0 Å². The predicted molar refractivity (Wildman–Crippen MR) is 73.3 cm³/mol. The Hall–Kier alpha value is -1.82. The number of nitrogens with zero attached hydrogens (tertiary/aromatic N) is 2. The second-order valence-electron chi connectivity index (χ2n) is 4.51. The average molecular weight is 264 g/mol. The van der Waals surface area contributed by atoms with Gasteiger partial charge in [0.2, 0.25) is 0 Å². The van der Waals surface area contributed by atoms with Gasteiger partial charge in [0, 0.05) is 39.0 Å². The summed E-state index contributed by atoms with van der Waals surface area (Å²) in [7, 11) is 1.61. The fraction of sp³-hybridized carbons (Fsp3) is 0.538. The number of pyridine rings is 1. The number of rotatable bonds is 5. The van der Waals surface area contributed by atoms with Gasteiger partial charge in [-0.2, -0.15) is 0 Å². The zero-order valence-corrected chi connectivity index (χ0v) is 11.1. The van der Waals surface area contributed by atoms with Crippen molar-refractivity contribution >= 4 is 11.8 Å². The molecule has 2 heterocycles. The third-order valence-electron chi connectivity index (χ3n) is 3.09. The molecule has 0 aromatic carbocycles. The Kier molecular flexibility index (Phi) is 4.97. The first-order valence-electron chi connectivity index (χ1n) is 6.49. The number of urea groups is 1. The van der Waals surface area contributed by atoms with Gasteiger partial charge in [-0.05, 0) is 18.6 Å². The molecule has 0 spiro atoms. The molecule has 1 atom stereocenters. The molecule has 0 bridgehead atoms. The molecule has 0 radical (unpaired) electrons. The normalized spacial score (nSPS) is 18.4. The lowest BCUT2D eigenvalue weighted by Crippen LogP contribution is -2.44. The minimum atomic E-state index is -0.134. The van der Waals surface area contributed by atoms with Crippen LogP contribution in [0.5, 0.6) is 0 Å². The van der Waals surface area contributed by atoms with E-state index in [0.29, 0.717) is 13.2 Å². The minimum Gasteiger partial charge on any atom is -0.383 e. The summed E-state index contributed by atoms with van der Waals surface area (Å²) < 4.78 is 4.88. The van der Waals surface area contributed by atoms with Crippen LogP contribution in [0.15, 0.2) is 24.4 Å². The molecule has 19 heavy (non-hydrogen) atoms. The van der Waals surface area contributed by atoms with Crippen LogP contribution < -0.4 is 15.5 Å². The Morgan fingerprint density at radius 3 is 3.21 bits per heavy atom. The summed E-state index contributed by atoms with van der Waals surface area (Å²) in [5.41, 5.74) is 0. The van der Waals surface area contributed by atoms with E-state index in [2.05, 4.69) is 20.5 Å². The molecule has 1 aromatic rings. The van der Waals surface area contributed by atoms with Crippen molar-refractivity contribution < 1.29 is 9.53 Å². The number of amides is 2. The summed E-state index contributed by atoms with van der Waals surface area (Å²) in [5, 5.41) is 5.72. The quantitative estimate of drug-likeness (QED) is 0.765. The second-order valence-corrected chi connectivity index (χ2v) is 4.51. The number of hydrogen-bond acceptors (Lipinski definition) is 4. The predicted octanol–water partition coefficient (Wildman–Crippen LogP) is 0.606. The maximum atomic E-state index is 11.6. The molecule has 104 valence electrons. The molecule has 0 aliphatic carbocycles. The Morgan fingerprint density at radius 2 is 2.47 bits per heavy atom. The highest BCUT2D eigenvalue weighted by molar-refractivity contribution is 5.74. The van der Waals surface area contributed by atoms with Gasteiger partial charge in [-0.25, -0.2) is 9.78 Å². The highest BCUT2D eigenvalue weighted by Gasteiger charge is 2.24. The molecule has 1 aromatic heterocycles. The summed E-state index contributed by atoms with van der Waals surface area (Å²) in [6, 6.07) is 5.90. The summed E-state index contributed by atoms with van der Waals surface area (Å²) in [6.07, 6.45) is 2.72. The van der Waals surface area contributed by atoms with E-state index in [9.17, 15) is 4.79 Å². The van der Waals surface area contributed by atoms with Gasteiger partial charge in [0.25, 0.3) is 0 Å². The summed E-state index contributed by atoms with van der Waals surface area (Å²) >= 11 is 0. The molecule has 2 rings (SSSR count). The Labute approximate surface area is 113 Å². The van der Waals surface area contributed by atoms with Crippen LogP contribution in [0.4, 0.5) is 10.6 Å². The van der Waals surface area contributed by atoms with Crippen molar-refractivity contribution in [3.05, 3.63) is 24.4 Å². The zero-order chi connectivity index (χ0) is 13.5. The highest BCUT2D eigenvalue weighted by Crippen LogP contribution is 2.16. The molecule has 1 unspecified atom stereocenters. The number of ether oxygens (including phenoxy) is 1. The Balaban J connectivity index is 1.74. The van der Waals surface area contributed by atoms with E-state index in [-0.39, 0.29) is 12.1 Å². The molecule has 1 aliphatic rings. The summed E-state index contributed by atoms with van der Waals surface area (Å²) in [6.45, 7) is 2.77. The van der Waals surface area contributed by atoms with Gasteiger partial charge in [-0.15, -0.1) is 0 Å². The molecule has 2 amide bonds. The fourth-order valence-corrected chi connectivity index (χ4v) is 2.13. The number of aromatic nitrogens is 1.